The van der Waals surface area contributed by atoms with Crippen LogP contribution in [0.4, 0.5) is 8.78 Å². The van der Waals surface area contributed by atoms with Crippen molar-refractivity contribution in [3.8, 4) is 16.9 Å². The summed E-state index contributed by atoms with van der Waals surface area (Å²) in [5, 5.41) is 0.329. The lowest BCUT2D eigenvalue weighted by molar-refractivity contribution is 0.415. The summed E-state index contributed by atoms with van der Waals surface area (Å²) in [6, 6.07) is 15.9. The lowest BCUT2D eigenvalue weighted by Gasteiger charge is -2.15. The average Bonchev–Trinajstić information content (AvgIpc) is 2.73. The van der Waals surface area contributed by atoms with E-state index in [-0.39, 0.29) is 20.9 Å². The van der Waals surface area contributed by atoms with Crippen LogP contribution in [0, 0.1) is 11.6 Å². The summed E-state index contributed by atoms with van der Waals surface area (Å²) in [5.41, 5.74) is 0.832. The van der Waals surface area contributed by atoms with Crippen LogP contribution in [0.25, 0.3) is 22.0 Å². The zero-order valence-electron chi connectivity index (χ0n) is 15.3. The Balaban J connectivity index is 2.10. The van der Waals surface area contributed by atoms with Gasteiger partial charge in [0.2, 0.25) is 9.84 Å². The third kappa shape index (κ3) is 3.34. The summed E-state index contributed by atoms with van der Waals surface area (Å²) < 4.78 is 60.0. The van der Waals surface area contributed by atoms with Crippen LogP contribution in [0.5, 0.6) is 5.75 Å². The van der Waals surface area contributed by atoms with Gasteiger partial charge in [-0.25, -0.2) is 17.2 Å². The van der Waals surface area contributed by atoms with E-state index in [0.29, 0.717) is 16.7 Å². The SMILES string of the molecule is COc1cccc(-c2c(S(=O)(=O)c3cccc(F)c3)cnc3c(F)cccc23)c1. The number of halogens is 2. The van der Waals surface area contributed by atoms with Crippen molar-refractivity contribution in [2.45, 2.75) is 9.79 Å². The zero-order chi connectivity index (χ0) is 20.6. The molecule has 0 aliphatic heterocycles. The number of benzene rings is 3. The molecule has 0 fully saturated rings. The van der Waals surface area contributed by atoms with E-state index in [0.717, 1.165) is 18.3 Å². The minimum atomic E-state index is -4.13. The van der Waals surface area contributed by atoms with Crippen LogP contribution in [0.2, 0.25) is 0 Å². The van der Waals surface area contributed by atoms with E-state index in [2.05, 4.69) is 4.98 Å². The van der Waals surface area contributed by atoms with Crippen LogP contribution >= 0.6 is 0 Å². The summed E-state index contributed by atoms with van der Waals surface area (Å²) >= 11 is 0. The Kier molecular flexibility index (Phi) is 4.76. The number of hydrogen-bond acceptors (Lipinski definition) is 4. The lowest BCUT2D eigenvalue weighted by atomic mass is 10.0. The molecule has 0 aliphatic rings. The van der Waals surface area contributed by atoms with Gasteiger partial charge in [0.15, 0.2) is 0 Å². The Labute approximate surface area is 166 Å². The lowest BCUT2D eigenvalue weighted by Crippen LogP contribution is -2.06. The van der Waals surface area contributed by atoms with Gasteiger partial charge in [-0.3, -0.25) is 4.98 Å². The van der Waals surface area contributed by atoms with Crippen molar-refractivity contribution >= 4 is 20.7 Å². The fourth-order valence-corrected chi connectivity index (χ4v) is 4.68. The molecule has 0 atom stereocenters. The first-order chi connectivity index (χ1) is 13.9. The molecule has 3 aromatic carbocycles. The number of fused-ring (bicyclic) bond motifs is 1. The number of rotatable bonds is 4. The number of sulfone groups is 1. The molecule has 1 aromatic heterocycles. The standard InChI is InChI=1S/C22H15F2NO3S/c1-28-16-7-2-5-14(11-16)21-18-9-4-10-19(24)22(18)25-13-20(21)29(26,27)17-8-3-6-15(23)12-17/h2-13H,1H3. The van der Waals surface area contributed by atoms with Crippen molar-refractivity contribution in [3.63, 3.8) is 0 Å². The topological polar surface area (TPSA) is 56.3 Å². The van der Waals surface area contributed by atoms with Crippen molar-refractivity contribution in [3.05, 3.63) is 84.6 Å². The first-order valence-electron chi connectivity index (χ1n) is 8.64. The molecule has 0 amide bonds. The molecule has 4 rings (SSSR count). The summed E-state index contributed by atoms with van der Waals surface area (Å²) in [4.78, 5) is 3.69. The predicted octanol–water partition coefficient (Wildman–Crippen LogP) is 5.02. The smallest absolute Gasteiger partial charge is 0.208 e. The van der Waals surface area contributed by atoms with E-state index < -0.39 is 21.5 Å². The summed E-state index contributed by atoms with van der Waals surface area (Å²) in [6.07, 6.45) is 1.11. The van der Waals surface area contributed by atoms with Crippen LogP contribution in [0.15, 0.2) is 82.7 Å². The van der Waals surface area contributed by atoms with Crippen LogP contribution in [0.3, 0.4) is 0 Å². The molecule has 0 saturated heterocycles. The van der Waals surface area contributed by atoms with Crippen LogP contribution in [-0.2, 0) is 9.84 Å². The maximum Gasteiger partial charge on any atom is 0.208 e. The van der Waals surface area contributed by atoms with Crippen LogP contribution < -0.4 is 4.74 Å². The molecule has 4 aromatic rings. The third-order valence-electron chi connectivity index (χ3n) is 4.57. The van der Waals surface area contributed by atoms with Gasteiger partial charge in [-0.2, -0.15) is 0 Å². The first-order valence-corrected chi connectivity index (χ1v) is 10.1. The molecule has 7 heteroatoms. The van der Waals surface area contributed by atoms with E-state index in [1.807, 2.05) is 0 Å². The number of para-hydroxylation sites is 1. The van der Waals surface area contributed by atoms with Gasteiger partial charge in [0.05, 0.1) is 16.9 Å². The van der Waals surface area contributed by atoms with Crippen molar-refractivity contribution < 1.29 is 21.9 Å². The number of aromatic nitrogens is 1. The number of ether oxygens (including phenoxy) is 1. The van der Waals surface area contributed by atoms with Crippen molar-refractivity contribution in [1.82, 2.24) is 4.98 Å². The summed E-state index contributed by atoms with van der Waals surface area (Å²) in [6.45, 7) is 0. The highest BCUT2D eigenvalue weighted by Crippen LogP contribution is 2.38. The largest absolute Gasteiger partial charge is 0.497 e. The Morgan fingerprint density at radius 1 is 0.931 bits per heavy atom. The molecule has 4 nitrogen and oxygen atoms in total. The highest BCUT2D eigenvalue weighted by atomic mass is 32.2. The highest BCUT2D eigenvalue weighted by Gasteiger charge is 2.26. The number of methoxy groups -OCH3 is 1. The fraction of sp³-hybridized carbons (Fsp3) is 0.0455. The van der Waals surface area contributed by atoms with E-state index in [9.17, 15) is 17.2 Å². The zero-order valence-corrected chi connectivity index (χ0v) is 16.1. The van der Waals surface area contributed by atoms with E-state index in [4.69, 9.17) is 4.74 Å². The fourth-order valence-electron chi connectivity index (χ4n) is 3.21. The van der Waals surface area contributed by atoms with Crippen molar-refractivity contribution in [2.24, 2.45) is 0 Å². The number of pyridine rings is 1. The molecule has 0 aliphatic carbocycles. The van der Waals surface area contributed by atoms with Crippen LogP contribution in [0.1, 0.15) is 0 Å². The number of nitrogens with zero attached hydrogens (tertiary/aromatic N) is 1. The Hall–Kier alpha value is -3.32. The molecule has 0 radical (unpaired) electrons. The Morgan fingerprint density at radius 3 is 2.45 bits per heavy atom. The second kappa shape index (κ2) is 7.25. The summed E-state index contributed by atoms with van der Waals surface area (Å²) in [7, 11) is -2.64. The predicted molar refractivity (Wildman–Crippen MR) is 106 cm³/mol. The van der Waals surface area contributed by atoms with E-state index >= 15 is 0 Å². The van der Waals surface area contributed by atoms with Crippen LogP contribution in [-0.4, -0.2) is 20.5 Å². The molecule has 1 heterocycles. The minimum absolute atomic E-state index is 0.0449. The van der Waals surface area contributed by atoms with Gasteiger partial charge in [0.25, 0.3) is 0 Å². The molecule has 0 saturated carbocycles. The maximum atomic E-state index is 14.3. The molecule has 146 valence electrons. The second-order valence-corrected chi connectivity index (χ2v) is 8.24. The average molecular weight is 411 g/mol. The molecule has 0 spiro atoms. The molecular formula is C22H15F2NO3S. The van der Waals surface area contributed by atoms with E-state index in [1.165, 1.54) is 31.4 Å². The minimum Gasteiger partial charge on any atom is -0.497 e. The Bertz CT molecular complexity index is 1340. The molecular weight excluding hydrogens is 396 g/mol. The monoisotopic (exact) mass is 411 g/mol. The molecule has 29 heavy (non-hydrogen) atoms. The van der Waals surface area contributed by atoms with Gasteiger partial charge in [0.1, 0.15) is 22.9 Å². The molecule has 0 N–H and O–H groups in total. The van der Waals surface area contributed by atoms with Gasteiger partial charge in [-0.1, -0.05) is 30.3 Å². The normalized spacial score (nSPS) is 11.6. The highest BCUT2D eigenvalue weighted by molar-refractivity contribution is 7.91. The molecule has 0 bridgehead atoms. The third-order valence-corrected chi connectivity index (χ3v) is 6.33. The second-order valence-electron chi connectivity index (χ2n) is 6.33. The quantitative estimate of drug-likeness (QED) is 0.473. The van der Waals surface area contributed by atoms with Crippen molar-refractivity contribution in [2.75, 3.05) is 7.11 Å². The van der Waals surface area contributed by atoms with Gasteiger partial charge in [-0.15, -0.1) is 0 Å². The number of hydrogen-bond donors (Lipinski definition) is 0. The van der Waals surface area contributed by atoms with E-state index in [1.54, 1.807) is 30.3 Å². The van der Waals surface area contributed by atoms with Gasteiger partial charge in [-0.05, 0) is 42.0 Å². The first kappa shape index (κ1) is 19.0. The van der Waals surface area contributed by atoms with Gasteiger partial charge < -0.3 is 4.74 Å². The maximum absolute atomic E-state index is 14.3. The van der Waals surface area contributed by atoms with Gasteiger partial charge >= 0.3 is 0 Å². The van der Waals surface area contributed by atoms with Crippen molar-refractivity contribution in [1.29, 1.82) is 0 Å². The summed E-state index contributed by atoms with van der Waals surface area (Å²) in [5.74, 6) is -0.729. The molecule has 0 unspecified atom stereocenters. The Morgan fingerprint density at radius 2 is 1.69 bits per heavy atom. The van der Waals surface area contributed by atoms with Gasteiger partial charge in [0, 0.05) is 17.1 Å².